The zero-order chi connectivity index (χ0) is 15.3. The maximum Gasteiger partial charge on any atom is 0.221 e. The van der Waals surface area contributed by atoms with Gasteiger partial charge in [0.15, 0.2) is 0 Å². The molecule has 0 radical (unpaired) electrons. The van der Waals surface area contributed by atoms with Gasteiger partial charge in [-0.15, -0.1) is 0 Å². The first-order valence-corrected chi connectivity index (χ1v) is 8.21. The fraction of sp³-hybridized carbons (Fsp3) is 0.462. The number of carbonyl (C=O) groups is 1. The first kappa shape index (κ1) is 16.6. The number of rotatable bonds is 6. The summed E-state index contributed by atoms with van der Waals surface area (Å²) < 4.78 is 48.7. The number of carbonyl (C=O) groups excluding carboxylic acids is 1. The zero-order valence-electron chi connectivity index (χ0n) is 11.3. The van der Waals surface area contributed by atoms with Crippen LogP contribution in [0.5, 0.6) is 0 Å². The van der Waals surface area contributed by atoms with Crippen LogP contribution < -0.4 is 5.32 Å². The third-order valence-corrected chi connectivity index (χ3v) is 3.72. The highest BCUT2D eigenvalue weighted by molar-refractivity contribution is 7.90. The number of nitrogens with one attached hydrogen (secondary N) is 1. The second-order valence-electron chi connectivity index (χ2n) is 4.57. The van der Waals surface area contributed by atoms with Gasteiger partial charge >= 0.3 is 0 Å². The van der Waals surface area contributed by atoms with Crippen LogP contribution in [0.3, 0.4) is 0 Å². The smallest absolute Gasteiger partial charge is 0.221 e. The molecule has 20 heavy (non-hydrogen) atoms. The van der Waals surface area contributed by atoms with Gasteiger partial charge in [0.25, 0.3) is 0 Å². The number of benzene rings is 1. The van der Waals surface area contributed by atoms with Gasteiger partial charge in [-0.1, -0.05) is 6.92 Å². The average molecular weight is 305 g/mol. The topological polar surface area (TPSA) is 63.2 Å². The molecule has 1 aromatic rings. The van der Waals surface area contributed by atoms with E-state index in [1.807, 2.05) is 0 Å². The van der Waals surface area contributed by atoms with Crippen molar-refractivity contribution < 1.29 is 22.0 Å². The Morgan fingerprint density at radius 3 is 2.55 bits per heavy atom. The fourth-order valence-electron chi connectivity index (χ4n) is 1.73. The SMILES string of the molecule is CCC(NC(=O)CCS(C)(=O)=O)c1cc(F)ccc1F. The summed E-state index contributed by atoms with van der Waals surface area (Å²) in [5, 5.41) is 2.51. The van der Waals surface area contributed by atoms with E-state index >= 15 is 0 Å². The van der Waals surface area contributed by atoms with Crippen LogP contribution in [0.25, 0.3) is 0 Å². The Balaban J connectivity index is 2.77. The highest BCUT2D eigenvalue weighted by Crippen LogP contribution is 2.21. The first-order chi connectivity index (χ1) is 9.23. The molecule has 0 spiro atoms. The maximum absolute atomic E-state index is 13.6. The minimum Gasteiger partial charge on any atom is -0.349 e. The minimum atomic E-state index is -3.24. The van der Waals surface area contributed by atoms with Gasteiger partial charge in [0.2, 0.25) is 5.91 Å². The van der Waals surface area contributed by atoms with Crippen molar-refractivity contribution in [3.05, 3.63) is 35.4 Å². The lowest BCUT2D eigenvalue weighted by Crippen LogP contribution is -2.30. The van der Waals surface area contributed by atoms with E-state index in [0.717, 1.165) is 24.5 Å². The van der Waals surface area contributed by atoms with E-state index in [4.69, 9.17) is 0 Å². The second-order valence-corrected chi connectivity index (χ2v) is 6.83. The molecule has 0 bridgehead atoms. The van der Waals surface area contributed by atoms with Gasteiger partial charge < -0.3 is 5.32 Å². The van der Waals surface area contributed by atoms with Crippen LogP contribution in [0, 0.1) is 11.6 Å². The molecule has 1 N–H and O–H groups in total. The largest absolute Gasteiger partial charge is 0.349 e. The molecule has 1 amide bonds. The molecule has 1 unspecified atom stereocenters. The van der Waals surface area contributed by atoms with Gasteiger partial charge in [0, 0.05) is 18.2 Å². The van der Waals surface area contributed by atoms with Gasteiger partial charge in [0.05, 0.1) is 11.8 Å². The summed E-state index contributed by atoms with van der Waals surface area (Å²) in [7, 11) is -3.24. The lowest BCUT2D eigenvalue weighted by molar-refractivity contribution is -0.121. The monoisotopic (exact) mass is 305 g/mol. The van der Waals surface area contributed by atoms with Gasteiger partial charge in [0.1, 0.15) is 21.5 Å². The average Bonchev–Trinajstić information content (AvgIpc) is 2.36. The van der Waals surface area contributed by atoms with E-state index in [2.05, 4.69) is 5.32 Å². The number of halogens is 2. The predicted octanol–water partition coefficient (Wildman–Crippen LogP) is 1.97. The van der Waals surface area contributed by atoms with Gasteiger partial charge in [-0.3, -0.25) is 4.79 Å². The summed E-state index contributed by atoms with van der Waals surface area (Å²) in [5.41, 5.74) is 0.0557. The van der Waals surface area contributed by atoms with Crippen molar-refractivity contribution in [2.45, 2.75) is 25.8 Å². The molecule has 112 valence electrons. The van der Waals surface area contributed by atoms with E-state index in [1.54, 1.807) is 6.92 Å². The molecule has 0 aliphatic heterocycles. The third-order valence-electron chi connectivity index (χ3n) is 2.78. The van der Waals surface area contributed by atoms with Crippen molar-refractivity contribution >= 4 is 15.7 Å². The van der Waals surface area contributed by atoms with Gasteiger partial charge in [-0.05, 0) is 24.6 Å². The quantitative estimate of drug-likeness (QED) is 0.874. The Labute approximate surface area is 117 Å². The molecule has 0 fully saturated rings. The summed E-state index contributed by atoms with van der Waals surface area (Å²) in [6, 6.07) is 2.34. The molecular formula is C13H17F2NO3S. The highest BCUT2D eigenvalue weighted by atomic mass is 32.2. The lowest BCUT2D eigenvalue weighted by atomic mass is 10.0. The molecular weight excluding hydrogens is 288 g/mol. The zero-order valence-corrected chi connectivity index (χ0v) is 12.1. The van der Waals surface area contributed by atoms with Crippen LogP contribution in [-0.4, -0.2) is 26.3 Å². The van der Waals surface area contributed by atoms with E-state index < -0.39 is 33.4 Å². The van der Waals surface area contributed by atoms with Crippen molar-refractivity contribution in [1.82, 2.24) is 5.32 Å². The number of sulfone groups is 1. The third kappa shape index (κ3) is 5.24. The number of hydrogen-bond acceptors (Lipinski definition) is 3. The fourth-order valence-corrected chi connectivity index (χ4v) is 2.28. The van der Waals surface area contributed by atoms with Crippen molar-refractivity contribution in [2.75, 3.05) is 12.0 Å². The second kappa shape index (κ2) is 6.78. The minimum absolute atomic E-state index is 0.0557. The Morgan fingerprint density at radius 2 is 2.00 bits per heavy atom. The van der Waals surface area contributed by atoms with Crippen LogP contribution in [-0.2, 0) is 14.6 Å². The van der Waals surface area contributed by atoms with Crippen LogP contribution >= 0.6 is 0 Å². The molecule has 0 saturated carbocycles. The van der Waals surface area contributed by atoms with E-state index in [9.17, 15) is 22.0 Å². The Bertz CT molecular complexity index is 587. The predicted molar refractivity (Wildman–Crippen MR) is 71.9 cm³/mol. The first-order valence-electron chi connectivity index (χ1n) is 6.15. The van der Waals surface area contributed by atoms with Crippen molar-refractivity contribution in [3.63, 3.8) is 0 Å². The van der Waals surface area contributed by atoms with Crippen molar-refractivity contribution in [1.29, 1.82) is 0 Å². The molecule has 0 saturated heterocycles. The Kier molecular flexibility index (Phi) is 5.62. The molecule has 1 aromatic carbocycles. The van der Waals surface area contributed by atoms with Gasteiger partial charge in [-0.2, -0.15) is 0 Å². The summed E-state index contributed by atoms with van der Waals surface area (Å²) in [4.78, 5) is 11.6. The molecule has 0 aliphatic carbocycles. The maximum atomic E-state index is 13.6. The Morgan fingerprint density at radius 1 is 1.35 bits per heavy atom. The van der Waals surface area contributed by atoms with Crippen LogP contribution in [0.4, 0.5) is 8.78 Å². The normalized spacial score (nSPS) is 13.0. The lowest BCUT2D eigenvalue weighted by Gasteiger charge is -2.18. The molecule has 0 heterocycles. The summed E-state index contributed by atoms with van der Waals surface area (Å²) in [6.07, 6.45) is 1.20. The molecule has 0 aromatic heterocycles. The molecule has 4 nitrogen and oxygen atoms in total. The van der Waals surface area contributed by atoms with Crippen molar-refractivity contribution in [2.24, 2.45) is 0 Å². The summed E-state index contributed by atoms with van der Waals surface area (Å²) >= 11 is 0. The van der Waals surface area contributed by atoms with E-state index in [-0.39, 0.29) is 17.7 Å². The van der Waals surface area contributed by atoms with Crippen LogP contribution in [0.2, 0.25) is 0 Å². The molecule has 1 rings (SSSR count). The number of amides is 1. The highest BCUT2D eigenvalue weighted by Gasteiger charge is 2.18. The molecule has 1 atom stereocenters. The summed E-state index contributed by atoms with van der Waals surface area (Å²) in [5.74, 6) is -1.99. The molecule has 7 heteroatoms. The summed E-state index contributed by atoms with van der Waals surface area (Å²) in [6.45, 7) is 1.71. The standard InChI is InChI=1S/C13H17F2NO3S/c1-3-12(10-8-9(14)4-5-11(10)15)16-13(17)6-7-20(2,18)19/h4-5,8,12H,3,6-7H2,1-2H3,(H,16,17). The number of hydrogen-bond donors (Lipinski definition) is 1. The van der Waals surface area contributed by atoms with E-state index in [0.29, 0.717) is 6.42 Å². The van der Waals surface area contributed by atoms with Crippen molar-refractivity contribution in [3.8, 4) is 0 Å². The molecule has 0 aliphatic rings. The van der Waals surface area contributed by atoms with Crippen LogP contribution in [0.1, 0.15) is 31.4 Å². The van der Waals surface area contributed by atoms with Crippen LogP contribution in [0.15, 0.2) is 18.2 Å². The van der Waals surface area contributed by atoms with Gasteiger partial charge in [-0.25, -0.2) is 17.2 Å². The van der Waals surface area contributed by atoms with E-state index in [1.165, 1.54) is 0 Å². The Hall–Kier alpha value is -1.50.